The summed E-state index contributed by atoms with van der Waals surface area (Å²) in [4.78, 5) is 16.2. The summed E-state index contributed by atoms with van der Waals surface area (Å²) < 4.78 is 0. The fraction of sp³-hybridized carbons (Fsp3) is 0.500. The van der Waals surface area contributed by atoms with E-state index in [0.717, 1.165) is 57.4 Å². The molecule has 5 heteroatoms. The fourth-order valence-corrected chi connectivity index (χ4v) is 3.03. The molecule has 3 rings (SSSR count). The van der Waals surface area contributed by atoms with Gasteiger partial charge in [0.2, 0.25) is 0 Å². The lowest BCUT2D eigenvalue weighted by molar-refractivity contribution is 0.100. The first-order valence-electron chi connectivity index (χ1n) is 7.69. The van der Waals surface area contributed by atoms with Gasteiger partial charge in [-0.1, -0.05) is 11.6 Å². The van der Waals surface area contributed by atoms with Gasteiger partial charge in [0.1, 0.15) is 5.82 Å². The highest BCUT2D eigenvalue weighted by molar-refractivity contribution is 5.97. The van der Waals surface area contributed by atoms with Crippen LogP contribution in [0.4, 0.5) is 5.82 Å². The Morgan fingerprint density at radius 1 is 1.38 bits per heavy atom. The summed E-state index contributed by atoms with van der Waals surface area (Å²) in [6, 6.07) is 1.92. The van der Waals surface area contributed by atoms with Gasteiger partial charge in [-0.25, -0.2) is 4.98 Å². The number of aryl methyl sites for hydroxylation is 2. The van der Waals surface area contributed by atoms with Crippen LogP contribution in [0.15, 0.2) is 17.7 Å². The van der Waals surface area contributed by atoms with E-state index in [2.05, 4.69) is 21.7 Å². The molecule has 21 heavy (non-hydrogen) atoms. The van der Waals surface area contributed by atoms with Crippen LogP contribution in [0, 0.1) is 0 Å². The van der Waals surface area contributed by atoms with E-state index in [1.807, 2.05) is 6.07 Å². The second-order valence-corrected chi connectivity index (χ2v) is 5.70. The van der Waals surface area contributed by atoms with E-state index in [1.165, 1.54) is 11.1 Å². The number of carbonyl (C=O) groups is 1. The Morgan fingerprint density at radius 3 is 3.05 bits per heavy atom. The van der Waals surface area contributed by atoms with Crippen LogP contribution in [0.5, 0.6) is 0 Å². The molecule has 0 aromatic carbocycles. The zero-order valence-corrected chi connectivity index (χ0v) is 12.2. The van der Waals surface area contributed by atoms with Crippen LogP contribution in [0.3, 0.4) is 0 Å². The average molecular weight is 286 g/mol. The van der Waals surface area contributed by atoms with Crippen LogP contribution >= 0.6 is 0 Å². The van der Waals surface area contributed by atoms with Crippen molar-refractivity contribution in [1.29, 1.82) is 0 Å². The number of anilines is 1. The van der Waals surface area contributed by atoms with Crippen LogP contribution in [0.2, 0.25) is 0 Å². The summed E-state index contributed by atoms with van der Waals surface area (Å²) in [7, 11) is 0. The first-order chi connectivity index (χ1) is 10.2. The second kappa shape index (κ2) is 6.26. The number of aromatic nitrogens is 1. The van der Waals surface area contributed by atoms with Crippen LogP contribution in [0.25, 0.3) is 0 Å². The number of rotatable bonds is 5. The number of hydrogen-bond donors (Lipinski definition) is 3. The van der Waals surface area contributed by atoms with E-state index in [0.29, 0.717) is 11.4 Å². The smallest absolute Gasteiger partial charge is 0.252 e. The molecule has 1 aromatic heterocycles. The monoisotopic (exact) mass is 286 g/mol. The Morgan fingerprint density at radius 2 is 2.29 bits per heavy atom. The van der Waals surface area contributed by atoms with Crippen molar-refractivity contribution < 1.29 is 4.79 Å². The summed E-state index contributed by atoms with van der Waals surface area (Å²) >= 11 is 0. The predicted octanol–water partition coefficient (Wildman–Crippen LogP) is 1.39. The van der Waals surface area contributed by atoms with Gasteiger partial charge in [-0.15, -0.1) is 0 Å². The maximum absolute atomic E-state index is 11.6. The number of pyridine rings is 1. The van der Waals surface area contributed by atoms with Crippen molar-refractivity contribution in [3.05, 3.63) is 34.5 Å². The van der Waals surface area contributed by atoms with Crippen LogP contribution in [0.1, 0.15) is 40.9 Å². The van der Waals surface area contributed by atoms with Crippen molar-refractivity contribution in [3.8, 4) is 0 Å². The molecule has 2 heterocycles. The van der Waals surface area contributed by atoms with Gasteiger partial charge >= 0.3 is 0 Å². The quantitative estimate of drug-likeness (QED) is 0.715. The molecule has 5 nitrogen and oxygen atoms in total. The van der Waals surface area contributed by atoms with Crippen molar-refractivity contribution in [3.63, 3.8) is 0 Å². The van der Waals surface area contributed by atoms with E-state index in [9.17, 15) is 4.79 Å². The molecule has 0 fully saturated rings. The topological polar surface area (TPSA) is 80.0 Å². The van der Waals surface area contributed by atoms with E-state index in [-0.39, 0.29) is 0 Å². The molecule has 0 spiro atoms. The lowest BCUT2D eigenvalue weighted by atomic mass is 10.1. The Balaban J connectivity index is 1.69. The van der Waals surface area contributed by atoms with Gasteiger partial charge in [0.05, 0.1) is 5.56 Å². The highest BCUT2D eigenvalue weighted by Gasteiger charge is 2.18. The van der Waals surface area contributed by atoms with Gasteiger partial charge in [-0.05, 0) is 50.3 Å². The molecule has 1 aliphatic carbocycles. The molecule has 0 bridgehead atoms. The molecule has 2 aliphatic rings. The SMILES string of the molecule is NC(=O)c1cc2c(nc1NCCC1=CCNCC1)CCC2. The average Bonchev–Trinajstić information content (AvgIpc) is 2.94. The number of hydrogen-bond acceptors (Lipinski definition) is 4. The van der Waals surface area contributed by atoms with Crippen molar-refractivity contribution in [1.82, 2.24) is 10.3 Å². The summed E-state index contributed by atoms with van der Waals surface area (Å²) in [6.45, 7) is 2.80. The maximum Gasteiger partial charge on any atom is 0.252 e. The Hall–Kier alpha value is -1.88. The maximum atomic E-state index is 11.6. The second-order valence-electron chi connectivity index (χ2n) is 5.70. The molecule has 0 atom stereocenters. The third-order valence-electron chi connectivity index (χ3n) is 4.21. The third-order valence-corrected chi connectivity index (χ3v) is 4.21. The summed E-state index contributed by atoms with van der Waals surface area (Å²) in [5.41, 5.74) is 9.76. The van der Waals surface area contributed by atoms with Gasteiger partial charge in [0.25, 0.3) is 5.91 Å². The summed E-state index contributed by atoms with van der Waals surface area (Å²) in [5, 5.41) is 6.60. The molecule has 1 aromatic rings. The minimum Gasteiger partial charge on any atom is -0.369 e. The van der Waals surface area contributed by atoms with E-state index in [4.69, 9.17) is 5.73 Å². The lowest BCUT2D eigenvalue weighted by Crippen LogP contribution is -2.22. The van der Waals surface area contributed by atoms with Gasteiger partial charge < -0.3 is 16.4 Å². The van der Waals surface area contributed by atoms with Crippen LogP contribution < -0.4 is 16.4 Å². The predicted molar refractivity (Wildman–Crippen MR) is 83.5 cm³/mol. The lowest BCUT2D eigenvalue weighted by Gasteiger charge is -2.15. The molecule has 1 amide bonds. The molecular formula is C16H22N4O. The van der Waals surface area contributed by atoms with Crippen molar-refractivity contribution in [2.24, 2.45) is 5.73 Å². The number of fused-ring (bicyclic) bond motifs is 1. The van der Waals surface area contributed by atoms with E-state index in [1.54, 1.807) is 0 Å². The molecule has 4 N–H and O–H groups in total. The molecule has 0 unspecified atom stereocenters. The zero-order valence-electron chi connectivity index (χ0n) is 12.2. The number of nitrogens with zero attached hydrogens (tertiary/aromatic N) is 1. The number of primary amides is 1. The molecule has 1 aliphatic heterocycles. The number of carbonyl (C=O) groups excluding carboxylic acids is 1. The number of nitrogens with two attached hydrogens (primary N) is 1. The van der Waals surface area contributed by atoms with Gasteiger partial charge in [-0.2, -0.15) is 0 Å². The standard InChI is InChI=1S/C16H22N4O/c17-15(21)13-10-12-2-1-3-14(12)20-16(13)19-9-6-11-4-7-18-8-5-11/h4,10,18H,1-3,5-9H2,(H2,17,21)(H,19,20). The first-order valence-corrected chi connectivity index (χ1v) is 7.69. The third kappa shape index (κ3) is 3.24. The molecule has 0 saturated heterocycles. The molecule has 0 saturated carbocycles. The zero-order chi connectivity index (χ0) is 14.7. The van der Waals surface area contributed by atoms with Crippen molar-refractivity contribution >= 4 is 11.7 Å². The highest BCUT2D eigenvalue weighted by atomic mass is 16.1. The van der Waals surface area contributed by atoms with E-state index < -0.39 is 5.91 Å². The van der Waals surface area contributed by atoms with Crippen molar-refractivity contribution in [2.45, 2.75) is 32.1 Å². The van der Waals surface area contributed by atoms with Gasteiger partial charge in [0, 0.05) is 18.8 Å². The minimum atomic E-state index is -0.402. The number of amides is 1. The highest BCUT2D eigenvalue weighted by Crippen LogP contribution is 2.25. The van der Waals surface area contributed by atoms with Crippen LogP contribution in [-0.2, 0) is 12.8 Å². The Kier molecular flexibility index (Phi) is 4.20. The Labute approximate surface area is 125 Å². The largest absolute Gasteiger partial charge is 0.369 e. The molecule has 112 valence electrons. The number of nitrogens with one attached hydrogen (secondary N) is 2. The fourth-order valence-electron chi connectivity index (χ4n) is 3.03. The summed E-state index contributed by atoms with van der Waals surface area (Å²) in [5.74, 6) is 0.249. The first kappa shape index (κ1) is 14.1. The van der Waals surface area contributed by atoms with Gasteiger partial charge in [-0.3, -0.25) is 4.79 Å². The summed E-state index contributed by atoms with van der Waals surface area (Å²) in [6.07, 6.45) is 7.45. The molecule has 0 radical (unpaired) electrons. The normalized spacial score (nSPS) is 17.2. The minimum absolute atomic E-state index is 0.402. The molecular weight excluding hydrogens is 264 g/mol. The van der Waals surface area contributed by atoms with Crippen LogP contribution in [-0.4, -0.2) is 30.5 Å². The van der Waals surface area contributed by atoms with Gasteiger partial charge in [0.15, 0.2) is 0 Å². The van der Waals surface area contributed by atoms with Crippen molar-refractivity contribution in [2.75, 3.05) is 25.0 Å². The van der Waals surface area contributed by atoms with E-state index >= 15 is 0 Å². The Bertz CT molecular complexity index is 580.